The number of anilines is 1. The van der Waals surface area contributed by atoms with Gasteiger partial charge in [-0.15, -0.1) is 10.2 Å². The molecule has 12 nitrogen and oxygen atoms in total. The molecule has 0 fully saturated rings. The second-order valence-corrected chi connectivity index (χ2v) is 9.21. The lowest BCUT2D eigenvalue weighted by Gasteiger charge is -2.15. The number of hydrogen-bond donors (Lipinski definition) is 1. The van der Waals surface area contributed by atoms with Crippen LogP contribution in [0.25, 0.3) is 10.5 Å². The Balaban J connectivity index is 2.32. The van der Waals surface area contributed by atoms with Gasteiger partial charge in [-0.25, -0.2) is 19.5 Å². The Morgan fingerprint density at radius 1 is 1.16 bits per heavy atom. The number of nitriles is 3. The summed E-state index contributed by atoms with van der Waals surface area (Å²) < 4.78 is 1.26. The van der Waals surface area contributed by atoms with Gasteiger partial charge in [-0.05, 0) is 18.6 Å². The molecule has 0 saturated heterocycles. The smallest absolute Gasteiger partial charge is 0.222 e. The van der Waals surface area contributed by atoms with E-state index in [0.29, 0.717) is 17.8 Å². The van der Waals surface area contributed by atoms with E-state index in [1.54, 1.807) is 0 Å². The molecule has 0 aliphatic carbocycles. The molecule has 0 aliphatic heterocycles. The Hall–Kier alpha value is -5.46. The summed E-state index contributed by atoms with van der Waals surface area (Å²) in [6.45, 7) is 16.5. The van der Waals surface area contributed by atoms with Crippen LogP contribution in [0.15, 0.2) is 28.6 Å². The van der Waals surface area contributed by atoms with Gasteiger partial charge in [-0.3, -0.25) is 4.79 Å². The molecule has 0 radical (unpaired) electrons. The molecule has 188 valence electrons. The average Bonchev–Trinajstić information content (AvgIpc) is 3.26. The van der Waals surface area contributed by atoms with Gasteiger partial charge in [0.2, 0.25) is 17.4 Å². The van der Waals surface area contributed by atoms with Gasteiger partial charge in [-0.1, -0.05) is 34.1 Å². The summed E-state index contributed by atoms with van der Waals surface area (Å²) in [5.74, 6) is -0.258. The van der Waals surface area contributed by atoms with Gasteiger partial charge in [0.15, 0.2) is 11.6 Å². The van der Waals surface area contributed by atoms with Gasteiger partial charge in [-0.2, -0.15) is 20.9 Å². The molecule has 2 aromatic heterocycles. The molecule has 0 saturated carbocycles. The van der Waals surface area contributed by atoms with Crippen molar-refractivity contribution in [3.05, 3.63) is 57.8 Å². The predicted molar refractivity (Wildman–Crippen MR) is 137 cm³/mol. The number of aryl methyl sites for hydroxylation is 1. The van der Waals surface area contributed by atoms with E-state index >= 15 is 0 Å². The number of hydrogen-bond acceptors (Lipinski definition) is 9. The molecule has 1 amide bonds. The van der Waals surface area contributed by atoms with Gasteiger partial charge in [0.1, 0.15) is 17.7 Å². The fourth-order valence-corrected chi connectivity index (χ4v) is 3.53. The van der Waals surface area contributed by atoms with E-state index < -0.39 is 5.41 Å². The number of benzene rings is 1. The average molecular weight is 506 g/mol. The van der Waals surface area contributed by atoms with Crippen molar-refractivity contribution in [1.82, 2.24) is 19.7 Å². The van der Waals surface area contributed by atoms with Crippen LogP contribution >= 0.6 is 0 Å². The molecule has 0 bridgehead atoms. The molecule has 2 heterocycles. The molecule has 38 heavy (non-hydrogen) atoms. The minimum Gasteiger partial charge on any atom is -0.308 e. The van der Waals surface area contributed by atoms with Crippen molar-refractivity contribution in [3.8, 4) is 23.9 Å². The maximum Gasteiger partial charge on any atom is 0.222 e. The number of azo groups is 1. The number of nitrogens with one attached hydrogen (secondary N) is 1. The van der Waals surface area contributed by atoms with E-state index in [1.165, 1.54) is 29.9 Å². The molecule has 3 rings (SSSR count). The molecular weight excluding hydrogens is 482 g/mol. The van der Waals surface area contributed by atoms with E-state index in [4.69, 9.17) is 6.57 Å². The lowest BCUT2D eigenvalue weighted by molar-refractivity contribution is -0.114. The van der Waals surface area contributed by atoms with Gasteiger partial charge < -0.3 is 5.32 Å². The zero-order valence-corrected chi connectivity index (χ0v) is 21.5. The quantitative estimate of drug-likeness (QED) is 0.342. The SMILES string of the molecule is [C-]#[N+]c1cc(C#N)c(C#N)cc1-n1nc(C(C)(C)C)c(C#N)c1N=Nc1ncc(CCC)nc1NC(C)=O. The Labute approximate surface area is 219 Å². The molecule has 3 aromatic rings. The summed E-state index contributed by atoms with van der Waals surface area (Å²) in [5, 5.41) is 44.6. The number of nitrogens with zero attached hydrogens (tertiary/aromatic N) is 10. The number of amides is 1. The van der Waals surface area contributed by atoms with Crippen molar-refractivity contribution >= 4 is 29.0 Å². The van der Waals surface area contributed by atoms with Gasteiger partial charge >= 0.3 is 0 Å². The molecule has 1 aromatic carbocycles. The van der Waals surface area contributed by atoms with Crippen LogP contribution in [0.5, 0.6) is 0 Å². The minimum absolute atomic E-state index is 0.0101. The lowest BCUT2D eigenvalue weighted by atomic mass is 9.90. The third-order valence-electron chi connectivity index (χ3n) is 5.23. The number of aromatic nitrogens is 4. The van der Waals surface area contributed by atoms with E-state index in [1.807, 2.05) is 39.8 Å². The first-order chi connectivity index (χ1) is 18.1. The number of carbonyl (C=O) groups excluding carboxylic acids is 1. The Kier molecular flexibility index (Phi) is 7.91. The van der Waals surface area contributed by atoms with Crippen LogP contribution in [0.3, 0.4) is 0 Å². The molecule has 0 spiro atoms. The lowest BCUT2D eigenvalue weighted by Crippen LogP contribution is -2.14. The van der Waals surface area contributed by atoms with Crippen LogP contribution < -0.4 is 5.32 Å². The number of carbonyl (C=O) groups is 1. The zero-order valence-electron chi connectivity index (χ0n) is 21.5. The van der Waals surface area contributed by atoms with Crippen molar-refractivity contribution in [2.75, 3.05) is 5.32 Å². The third kappa shape index (κ3) is 5.51. The second kappa shape index (κ2) is 11.1. The Bertz CT molecular complexity index is 1610. The fourth-order valence-electron chi connectivity index (χ4n) is 3.53. The summed E-state index contributed by atoms with van der Waals surface area (Å²) in [4.78, 5) is 23.9. The first kappa shape index (κ1) is 27.1. The standard InChI is InChI=1S/C26H23N11O/c1-7-8-18-14-31-23(24(33-18)32-15(2)38)34-35-25-19(13-29)22(26(3,4)5)36-37(25)21-10-17(12-28)16(11-27)9-20(21)30-6/h9-10,14H,7-8H2,1-5H3,(H,32,33,38). The number of rotatable bonds is 6. The van der Waals surface area contributed by atoms with E-state index in [0.717, 1.165) is 6.42 Å². The van der Waals surface area contributed by atoms with E-state index in [9.17, 15) is 20.6 Å². The monoisotopic (exact) mass is 505 g/mol. The summed E-state index contributed by atoms with van der Waals surface area (Å²) in [7, 11) is 0. The molecule has 12 heteroatoms. The highest BCUT2D eigenvalue weighted by Gasteiger charge is 2.29. The zero-order chi connectivity index (χ0) is 28.0. The Morgan fingerprint density at radius 3 is 2.39 bits per heavy atom. The van der Waals surface area contributed by atoms with Crippen molar-refractivity contribution in [3.63, 3.8) is 0 Å². The highest BCUT2D eigenvalue weighted by atomic mass is 16.1. The highest BCUT2D eigenvalue weighted by Crippen LogP contribution is 2.37. The predicted octanol–water partition coefficient (Wildman–Crippen LogP) is 5.45. The van der Waals surface area contributed by atoms with Gasteiger partial charge in [0, 0.05) is 12.3 Å². The maximum absolute atomic E-state index is 11.8. The van der Waals surface area contributed by atoms with Crippen molar-refractivity contribution in [1.29, 1.82) is 15.8 Å². The molecule has 0 atom stereocenters. The normalized spacial score (nSPS) is 10.9. The largest absolute Gasteiger partial charge is 0.308 e. The fraction of sp³-hybridized carbons (Fsp3) is 0.308. The van der Waals surface area contributed by atoms with Crippen LogP contribution in [-0.4, -0.2) is 25.7 Å². The van der Waals surface area contributed by atoms with Crippen molar-refractivity contribution < 1.29 is 4.79 Å². The summed E-state index contributed by atoms with van der Waals surface area (Å²) >= 11 is 0. The topological polar surface area (TPSA) is 173 Å². The summed E-state index contributed by atoms with van der Waals surface area (Å²) in [6, 6.07) is 8.62. The highest BCUT2D eigenvalue weighted by molar-refractivity contribution is 5.89. The van der Waals surface area contributed by atoms with Crippen LogP contribution in [0.1, 0.15) is 69.1 Å². The first-order valence-corrected chi connectivity index (χ1v) is 11.5. The molecule has 1 N–H and O–H groups in total. The van der Waals surface area contributed by atoms with Gasteiger partial charge in [0.25, 0.3) is 0 Å². The second-order valence-electron chi connectivity index (χ2n) is 9.21. The van der Waals surface area contributed by atoms with Crippen molar-refractivity contribution in [2.24, 2.45) is 10.2 Å². The van der Waals surface area contributed by atoms with Crippen LogP contribution in [0.4, 0.5) is 23.1 Å². The maximum atomic E-state index is 11.8. The Morgan fingerprint density at radius 2 is 1.84 bits per heavy atom. The third-order valence-corrected chi connectivity index (χ3v) is 5.23. The van der Waals surface area contributed by atoms with Gasteiger partial charge in [0.05, 0.1) is 47.0 Å². The van der Waals surface area contributed by atoms with Crippen molar-refractivity contribution in [2.45, 2.75) is 52.9 Å². The summed E-state index contributed by atoms with van der Waals surface area (Å²) in [5.41, 5.74) is 0.833. The molecule has 0 aliphatic rings. The van der Waals surface area contributed by atoms with E-state index in [2.05, 4.69) is 41.5 Å². The van der Waals surface area contributed by atoms with Crippen LogP contribution in [-0.2, 0) is 16.6 Å². The van der Waals surface area contributed by atoms with Crippen LogP contribution in [0, 0.1) is 40.6 Å². The molecule has 0 unspecified atom stereocenters. The minimum atomic E-state index is -0.591. The van der Waals surface area contributed by atoms with Crippen LogP contribution in [0.2, 0.25) is 0 Å². The van der Waals surface area contributed by atoms with E-state index in [-0.39, 0.29) is 51.4 Å². The first-order valence-electron chi connectivity index (χ1n) is 11.5. The molecular formula is C26H23N11O. The summed E-state index contributed by atoms with van der Waals surface area (Å²) in [6.07, 6.45) is 3.01.